The molecule has 2 atom stereocenters. The van der Waals surface area contributed by atoms with Crippen LogP contribution in [0.5, 0.6) is 5.75 Å². The van der Waals surface area contributed by atoms with Crippen LogP contribution in [-0.2, 0) is 0 Å². The van der Waals surface area contributed by atoms with E-state index >= 15 is 0 Å². The van der Waals surface area contributed by atoms with Crippen molar-refractivity contribution in [2.24, 2.45) is 0 Å². The maximum atomic E-state index is 6.98. The molecule has 59 heavy (non-hydrogen) atoms. The van der Waals surface area contributed by atoms with E-state index in [1.807, 2.05) is 36.4 Å². The van der Waals surface area contributed by atoms with Crippen LogP contribution >= 0.6 is 0 Å². The lowest BCUT2D eigenvalue weighted by atomic mass is 9.78. The number of hydrogen-bond acceptors (Lipinski definition) is 6. The predicted octanol–water partition coefficient (Wildman–Crippen LogP) is 13.3. The summed E-state index contributed by atoms with van der Waals surface area (Å²) < 4.78 is 20.0. The number of hydrogen-bond donors (Lipinski definition) is 0. The van der Waals surface area contributed by atoms with E-state index in [4.69, 9.17) is 28.5 Å². The molecule has 0 spiro atoms. The molecule has 0 fully saturated rings. The molecule has 13 rings (SSSR count). The first-order chi connectivity index (χ1) is 29.2. The molecule has 0 radical (unpaired) electrons. The Bertz CT molecular complexity index is 3630. The van der Waals surface area contributed by atoms with Gasteiger partial charge in [-0.25, -0.2) is 15.0 Å². The van der Waals surface area contributed by atoms with Gasteiger partial charge in [-0.15, -0.1) is 0 Å². The molecule has 0 N–H and O–H groups in total. The van der Waals surface area contributed by atoms with Gasteiger partial charge in [-0.1, -0.05) is 133 Å². The van der Waals surface area contributed by atoms with Crippen molar-refractivity contribution >= 4 is 76.6 Å². The van der Waals surface area contributed by atoms with Crippen molar-refractivity contribution in [3.63, 3.8) is 0 Å². The number of aromatic nitrogens is 3. The lowest BCUT2D eigenvalue weighted by molar-refractivity contribution is 0.281. The van der Waals surface area contributed by atoms with E-state index < -0.39 is 0 Å². The SMILES string of the molecule is C1=C(c2cccc3oc4cc5ccccc5cc4c23)C2Oc3ccccc3C2C(c2nc(-c3ccc4ccccc4c3)nc(-c3cccc4c3oc3ccccc34)n2)=C1. The number of para-hydroxylation sites is 3. The number of allylic oxidation sites excluding steroid dienone is 2. The van der Waals surface area contributed by atoms with Gasteiger partial charge < -0.3 is 13.6 Å². The highest BCUT2D eigenvalue weighted by atomic mass is 16.5. The highest BCUT2D eigenvalue weighted by molar-refractivity contribution is 6.15. The number of nitrogens with zero attached hydrogens (tertiary/aromatic N) is 3. The lowest BCUT2D eigenvalue weighted by Gasteiger charge is -2.28. The monoisotopic (exact) mass is 757 g/mol. The highest BCUT2D eigenvalue weighted by Crippen LogP contribution is 2.53. The van der Waals surface area contributed by atoms with Crippen molar-refractivity contribution < 1.29 is 13.6 Å². The summed E-state index contributed by atoms with van der Waals surface area (Å²) in [5, 5.41) is 8.82. The quantitative estimate of drug-likeness (QED) is 0.178. The molecule has 4 heterocycles. The third-order valence-electron chi connectivity index (χ3n) is 12.1. The van der Waals surface area contributed by atoms with Crippen molar-refractivity contribution in [3.8, 4) is 28.5 Å². The first kappa shape index (κ1) is 32.3. The molecule has 1 aliphatic carbocycles. The molecule has 0 saturated carbocycles. The van der Waals surface area contributed by atoms with Crippen LogP contribution in [0.4, 0.5) is 0 Å². The van der Waals surface area contributed by atoms with Gasteiger partial charge in [0, 0.05) is 43.8 Å². The molecular weight excluding hydrogens is 727 g/mol. The van der Waals surface area contributed by atoms with Gasteiger partial charge in [-0.2, -0.15) is 0 Å². The molecule has 0 amide bonds. The second kappa shape index (κ2) is 12.3. The Morgan fingerprint density at radius 2 is 1.10 bits per heavy atom. The van der Waals surface area contributed by atoms with Crippen LogP contribution in [0.2, 0.25) is 0 Å². The van der Waals surface area contributed by atoms with Crippen LogP contribution in [0.1, 0.15) is 22.9 Å². The molecule has 0 saturated heterocycles. The van der Waals surface area contributed by atoms with E-state index in [1.165, 1.54) is 5.39 Å². The van der Waals surface area contributed by atoms with E-state index in [0.29, 0.717) is 17.5 Å². The predicted molar refractivity (Wildman–Crippen MR) is 236 cm³/mol. The minimum Gasteiger partial charge on any atom is -0.484 e. The van der Waals surface area contributed by atoms with Crippen molar-refractivity contribution in [1.29, 1.82) is 0 Å². The number of furan rings is 2. The molecule has 6 heteroatoms. The minimum atomic E-state index is -0.341. The van der Waals surface area contributed by atoms with Gasteiger partial charge >= 0.3 is 0 Å². The van der Waals surface area contributed by atoms with Gasteiger partial charge in [-0.05, 0) is 69.6 Å². The van der Waals surface area contributed by atoms with Crippen molar-refractivity contribution in [2.75, 3.05) is 0 Å². The van der Waals surface area contributed by atoms with E-state index in [-0.39, 0.29) is 12.0 Å². The van der Waals surface area contributed by atoms with E-state index in [9.17, 15) is 0 Å². The molecule has 2 unspecified atom stereocenters. The summed E-state index contributed by atoms with van der Waals surface area (Å²) in [5.41, 5.74) is 9.21. The molecule has 8 aromatic carbocycles. The average molecular weight is 758 g/mol. The highest BCUT2D eigenvalue weighted by Gasteiger charge is 2.43. The number of rotatable bonds is 4. The van der Waals surface area contributed by atoms with E-state index in [2.05, 4.69) is 140 Å². The third-order valence-corrected chi connectivity index (χ3v) is 12.1. The normalized spacial score (nSPS) is 16.1. The van der Waals surface area contributed by atoms with Crippen LogP contribution in [0.25, 0.3) is 99.3 Å². The Kier molecular flexibility index (Phi) is 6.75. The average Bonchev–Trinajstić information content (AvgIpc) is 3.99. The fourth-order valence-electron chi connectivity index (χ4n) is 9.38. The van der Waals surface area contributed by atoms with Crippen LogP contribution in [-0.4, -0.2) is 21.1 Å². The summed E-state index contributed by atoms with van der Waals surface area (Å²) in [5.74, 6) is 2.39. The van der Waals surface area contributed by atoms with Crippen LogP contribution < -0.4 is 4.74 Å². The van der Waals surface area contributed by atoms with Gasteiger partial charge in [0.1, 0.15) is 34.2 Å². The summed E-state index contributed by atoms with van der Waals surface area (Å²) >= 11 is 0. The van der Waals surface area contributed by atoms with E-state index in [0.717, 1.165) is 99.2 Å². The largest absolute Gasteiger partial charge is 0.484 e. The topological polar surface area (TPSA) is 74.2 Å². The second-order valence-electron chi connectivity index (χ2n) is 15.4. The zero-order chi connectivity index (χ0) is 38.6. The van der Waals surface area contributed by atoms with Gasteiger partial charge in [0.2, 0.25) is 0 Å². The smallest absolute Gasteiger partial charge is 0.167 e. The Morgan fingerprint density at radius 1 is 0.424 bits per heavy atom. The molecule has 2 aliphatic rings. The molecule has 0 bridgehead atoms. The van der Waals surface area contributed by atoms with Gasteiger partial charge in [0.25, 0.3) is 0 Å². The molecule has 276 valence electrons. The van der Waals surface area contributed by atoms with Gasteiger partial charge in [-0.3, -0.25) is 0 Å². The maximum Gasteiger partial charge on any atom is 0.167 e. The zero-order valence-corrected chi connectivity index (χ0v) is 31.5. The van der Waals surface area contributed by atoms with Gasteiger partial charge in [0.05, 0.1) is 11.5 Å². The summed E-state index contributed by atoms with van der Waals surface area (Å²) in [4.78, 5) is 15.8. The zero-order valence-electron chi connectivity index (χ0n) is 31.5. The van der Waals surface area contributed by atoms with Crippen molar-refractivity contribution in [2.45, 2.75) is 12.0 Å². The lowest BCUT2D eigenvalue weighted by Crippen LogP contribution is -2.25. The molecule has 6 nitrogen and oxygen atoms in total. The first-order valence-electron chi connectivity index (χ1n) is 19.9. The first-order valence-corrected chi connectivity index (χ1v) is 19.9. The van der Waals surface area contributed by atoms with Crippen LogP contribution in [0, 0.1) is 0 Å². The fourth-order valence-corrected chi connectivity index (χ4v) is 9.38. The number of ether oxygens (including phenoxy) is 1. The maximum absolute atomic E-state index is 6.98. The standard InChI is InChI=1S/C53H31N3O3/c1-2-12-31-27-34(24-23-30(31)11-1)51-54-52(56-53(55-51)41-19-9-18-37-35-15-5-7-20-43(35)58-49(37)41)40-26-25-38(50-48(40)39-16-6-8-21-44(39)59-50)36-17-10-22-45-47(36)42-28-32-13-3-4-14-33(32)29-46(42)57-45/h1-29,48,50H. The third kappa shape index (κ3) is 4.90. The molecular formula is C53H31N3O3. The minimum absolute atomic E-state index is 0.192. The molecule has 1 aliphatic heterocycles. The summed E-state index contributed by atoms with van der Waals surface area (Å²) in [7, 11) is 0. The summed E-state index contributed by atoms with van der Waals surface area (Å²) in [6.07, 6.45) is 4.03. The Balaban J connectivity index is 1.05. The molecule has 11 aromatic rings. The van der Waals surface area contributed by atoms with Crippen LogP contribution in [0.15, 0.2) is 185 Å². The van der Waals surface area contributed by atoms with Gasteiger partial charge in [0.15, 0.2) is 17.5 Å². The second-order valence-corrected chi connectivity index (χ2v) is 15.4. The Labute approximate surface area is 337 Å². The summed E-state index contributed by atoms with van der Waals surface area (Å²) in [6.45, 7) is 0. The molecule has 3 aromatic heterocycles. The van der Waals surface area contributed by atoms with Crippen molar-refractivity contribution in [1.82, 2.24) is 15.0 Å². The summed E-state index contributed by atoms with van der Waals surface area (Å²) in [6, 6.07) is 56.5. The Hall–Kier alpha value is -7.83. The fraction of sp³-hybridized carbons (Fsp3) is 0.0377. The number of benzene rings is 8. The van der Waals surface area contributed by atoms with Crippen LogP contribution in [0.3, 0.4) is 0 Å². The Morgan fingerprint density at radius 3 is 2.02 bits per heavy atom. The van der Waals surface area contributed by atoms with E-state index in [1.54, 1.807) is 0 Å². The number of fused-ring (bicyclic) bond motifs is 11. The van der Waals surface area contributed by atoms with Crippen molar-refractivity contribution in [3.05, 3.63) is 193 Å².